The van der Waals surface area contributed by atoms with Crippen LogP contribution in [0.25, 0.3) is 0 Å². The Morgan fingerprint density at radius 3 is 2.29 bits per heavy atom. The Labute approximate surface area is 87.7 Å². The largest absolute Gasteiger partial charge is 0.481 e. The maximum Gasteiger partial charge on any atom is 0.303 e. The predicted molar refractivity (Wildman–Crippen MR) is 59.4 cm³/mol. The molecule has 0 rings (SSSR count). The third-order valence-corrected chi connectivity index (χ3v) is 3.07. The average molecular weight is 200 g/mol. The van der Waals surface area contributed by atoms with E-state index in [9.17, 15) is 4.79 Å². The van der Waals surface area contributed by atoms with E-state index < -0.39 is 5.97 Å². The van der Waals surface area contributed by atoms with Crippen molar-refractivity contribution >= 4 is 5.97 Å². The molecule has 0 aromatic rings. The van der Waals surface area contributed by atoms with Crippen LogP contribution in [0.1, 0.15) is 65.7 Å². The normalized spacial score (nSPS) is 15.1. The highest BCUT2D eigenvalue weighted by molar-refractivity contribution is 5.67. The third kappa shape index (κ3) is 6.01. The van der Waals surface area contributed by atoms with Crippen LogP contribution in [0.2, 0.25) is 0 Å². The molecule has 0 aliphatic carbocycles. The summed E-state index contributed by atoms with van der Waals surface area (Å²) >= 11 is 0. The molecule has 0 aromatic heterocycles. The summed E-state index contributed by atoms with van der Waals surface area (Å²) in [6.07, 6.45) is 7.25. The molecule has 2 nitrogen and oxygen atoms in total. The molecule has 0 fully saturated rings. The Balaban J connectivity index is 3.80. The second kappa shape index (κ2) is 6.86. The Morgan fingerprint density at radius 1 is 1.21 bits per heavy atom. The maximum atomic E-state index is 10.7. The second-order valence-electron chi connectivity index (χ2n) is 4.55. The molecule has 0 radical (unpaired) electrons. The van der Waals surface area contributed by atoms with Crippen LogP contribution in [-0.4, -0.2) is 11.1 Å². The number of rotatable bonds is 8. The van der Waals surface area contributed by atoms with Gasteiger partial charge < -0.3 is 5.11 Å². The van der Waals surface area contributed by atoms with E-state index >= 15 is 0 Å². The molecule has 0 saturated carbocycles. The van der Waals surface area contributed by atoms with Crippen molar-refractivity contribution in [2.24, 2.45) is 5.41 Å². The molecule has 0 aromatic carbocycles. The van der Waals surface area contributed by atoms with Gasteiger partial charge in [0.05, 0.1) is 6.42 Å². The number of aliphatic carboxylic acids is 1. The lowest BCUT2D eigenvalue weighted by Gasteiger charge is -2.26. The molecular formula is C12H24O2. The summed E-state index contributed by atoms with van der Waals surface area (Å²) in [6.45, 7) is 6.37. The second-order valence-corrected chi connectivity index (χ2v) is 4.55. The molecular weight excluding hydrogens is 176 g/mol. The van der Waals surface area contributed by atoms with Crippen LogP contribution < -0.4 is 0 Å². The first-order valence-electron chi connectivity index (χ1n) is 5.76. The van der Waals surface area contributed by atoms with E-state index in [1.165, 1.54) is 25.7 Å². The Morgan fingerprint density at radius 2 is 1.86 bits per heavy atom. The van der Waals surface area contributed by atoms with Gasteiger partial charge in [0.15, 0.2) is 0 Å². The van der Waals surface area contributed by atoms with Gasteiger partial charge in [-0.15, -0.1) is 0 Å². The first-order chi connectivity index (χ1) is 6.54. The van der Waals surface area contributed by atoms with Crippen molar-refractivity contribution in [1.82, 2.24) is 0 Å². The molecule has 1 unspecified atom stereocenters. The number of hydrogen-bond acceptors (Lipinski definition) is 1. The summed E-state index contributed by atoms with van der Waals surface area (Å²) < 4.78 is 0. The summed E-state index contributed by atoms with van der Waals surface area (Å²) in [6, 6.07) is 0. The Kier molecular flexibility index (Phi) is 6.60. The van der Waals surface area contributed by atoms with Gasteiger partial charge >= 0.3 is 5.97 Å². The molecule has 0 amide bonds. The van der Waals surface area contributed by atoms with Gasteiger partial charge in [-0.25, -0.2) is 0 Å². The summed E-state index contributed by atoms with van der Waals surface area (Å²) in [7, 11) is 0. The lowest BCUT2D eigenvalue weighted by molar-refractivity contribution is -0.139. The SMILES string of the molecule is CCCCCCC(C)(CC)CC(=O)O. The number of carboxylic acids is 1. The first-order valence-corrected chi connectivity index (χ1v) is 5.76. The predicted octanol–water partition coefficient (Wildman–Crippen LogP) is 3.85. The molecule has 0 heterocycles. The van der Waals surface area contributed by atoms with Gasteiger partial charge in [-0.2, -0.15) is 0 Å². The van der Waals surface area contributed by atoms with Gasteiger partial charge in [0, 0.05) is 0 Å². The molecule has 0 spiro atoms. The highest BCUT2D eigenvalue weighted by atomic mass is 16.4. The van der Waals surface area contributed by atoms with Crippen molar-refractivity contribution < 1.29 is 9.90 Å². The summed E-state index contributed by atoms with van der Waals surface area (Å²) in [4.78, 5) is 10.7. The molecule has 0 aliphatic rings. The number of hydrogen-bond donors (Lipinski definition) is 1. The van der Waals surface area contributed by atoms with Crippen LogP contribution in [0.5, 0.6) is 0 Å². The highest BCUT2D eigenvalue weighted by Gasteiger charge is 2.24. The zero-order valence-corrected chi connectivity index (χ0v) is 9.81. The van der Waals surface area contributed by atoms with E-state index in [0.29, 0.717) is 6.42 Å². The van der Waals surface area contributed by atoms with Gasteiger partial charge in [-0.1, -0.05) is 52.9 Å². The molecule has 14 heavy (non-hydrogen) atoms. The van der Waals surface area contributed by atoms with E-state index in [2.05, 4.69) is 20.8 Å². The molecule has 1 atom stereocenters. The summed E-state index contributed by atoms with van der Waals surface area (Å²) in [5.74, 6) is -0.662. The van der Waals surface area contributed by atoms with Gasteiger partial charge in [0.25, 0.3) is 0 Å². The van der Waals surface area contributed by atoms with Crippen LogP contribution in [0.15, 0.2) is 0 Å². The topological polar surface area (TPSA) is 37.3 Å². The van der Waals surface area contributed by atoms with E-state index in [-0.39, 0.29) is 5.41 Å². The van der Waals surface area contributed by atoms with Crippen LogP contribution in [0.3, 0.4) is 0 Å². The van der Waals surface area contributed by atoms with E-state index in [0.717, 1.165) is 12.8 Å². The smallest absolute Gasteiger partial charge is 0.303 e. The van der Waals surface area contributed by atoms with E-state index in [1.54, 1.807) is 0 Å². The molecule has 0 aliphatic heterocycles. The minimum Gasteiger partial charge on any atom is -0.481 e. The van der Waals surface area contributed by atoms with Gasteiger partial charge in [0.2, 0.25) is 0 Å². The van der Waals surface area contributed by atoms with Crippen molar-refractivity contribution in [2.75, 3.05) is 0 Å². The minimum atomic E-state index is -0.662. The number of carboxylic acid groups (broad SMARTS) is 1. The lowest BCUT2D eigenvalue weighted by atomic mass is 9.79. The molecule has 2 heteroatoms. The van der Waals surface area contributed by atoms with Gasteiger partial charge in [-0.3, -0.25) is 4.79 Å². The Hall–Kier alpha value is -0.530. The monoisotopic (exact) mass is 200 g/mol. The van der Waals surface area contributed by atoms with Crippen LogP contribution in [-0.2, 0) is 4.79 Å². The number of unbranched alkanes of at least 4 members (excludes halogenated alkanes) is 3. The van der Waals surface area contributed by atoms with E-state index in [4.69, 9.17) is 5.11 Å². The summed E-state index contributed by atoms with van der Waals surface area (Å²) in [5.41, 5.74) is 0.0135. The Bertz CT molecular complexity index is 166. The van der Waals surface area contributed by atoms with E-state index in [1.807, 2.05) is 0 Å². The zero-order valence-electron chi connectivity index (χ0n) is 9.81. The van der Waals surface area contributed by atoms with Crippen LogP contribution in [0, 0.1) is 5.41 Å². The minimum absolute atomic E-state index is 0.0135. The number of carbonyl (C=O) groups is 1. The molecule has 0 saturated heterocycles. The molecule has 0 bridgehead atoms. The maximum absolute atomic E-state index is 10.7. The molecule has 1 N–H and O–H groups in total. The average Bonchev–Trinajstić information content (AvgIpc) is 2.11. The fourth-order valence-electron chi connectivity index (χ4n) is 1.73. The first kappa shape index (κ1) is 13.5. The highest BCUT2D eigenvalue weighted by Crippen LogP contribution is 2.32. The van der Waals surface area contributed by atoms with Crippen molar-refractivity contribution in [1.29, 1.82) is 0 Å². The van der Waals surface area contributed by atoms with Gasteiger partial charge in [0.1, 0.15) is 0 Å². The van der Waals surface area contributed by atoms with Crippen molar-refractivity contribution in [2.45, 2.75) is 65.7 Å². The fourth-order valence-corrected chi connectivity index (χ4v) is 1.73. The standard InChI is InChI=1S/C12H24O2/c1-4-6-7-8-9-12(3,5-2)10-11(13)14/h4-10H2,1-3H3,(H,13,14). The quantitative estimate of drug-likeness (QED) is 0.604. The van der Waals surface area contributed by atoms with Crippen LogP contribution in [0.4, 0.5) is 0 Å². The van der Waals surface area contributed by atoms with Crippen molar-refractivity contribution in [3.63, 3.8) is 0 Å². The van der Waals surface area contributed by atoms with Crippen LogP contribution >= 0.6 is 0 Å². The van der Waals surface area contributed by atoms with Crippen molar-refractivity contribution in [3.8, 4) is 0 Å². The zero-order chi connectivity index (χ0) is 11.0. The van der Waals surface area contributed by atoms with Gasteiger partial charge in [-0.05, 0) is 11.8 Å². The fraction of sp³-hybridized carbons (Fsp3) is 0.917. The van der Waals surface area contributed by atoms with Crippen molar-refractivity contribution in [3.05, 3.63) is 0 Å². The third-order valence-electron chi connectivity index (χ3n) is 3.07. The summed E-state index contributed by atoms with van der Waals surface area (Å²) in [5, 5.41) is 8.78. The molecule has 84 valence electrons. The lowest BCUT2D eigenvalue weighted by Crippen LogP contribution is -2.19.